The van der Waals surface area contributed by atoms with Gasteiger partial charge in [-0.2, -0.15) is 0 Å². The topological polar surface area (TPSA) is 43.8 Å². The van der Waals surface area contributed by atoms with Gasteiger partial charge in [-0.1, -0.05) is 6.07 Å². The molecular formula is C20H26FN2O2. The lowest BCUT2D eigenvalue weighted by Crippen LogP contribution is -2.50. The number of benzene rings is 1. The predicted octanol–water partition coefficient (Wildman–Crippen LogP) is 2.75. The van der Waals surface area contributed by atoms with Crippen LogP contribution >= 0.6 is 0 Å². The highest BCUT2D eigenvalue weighted by Crippen LogP contribution is 2.43. The largest absolute Gasteiger partial charge is 0.393 e. The van der Waals surface area contributed by atoms with E-state index in [1.807, 2.05) is 4.90 Å². The molecule has 1 unspecified atom stereocenters. The summed E-state index contributed by atoms with van der Waals surface area (Å²) in [6.07, 6.45) is 5.85. The van der Waals surface area contributed by atoms with Crippen LogP contribution in [0.15, 0.2) is 18.2 Å². The first-order valence-corrected chi connectivity index (χ1v) is 9.49. The zero-order chi connectivity index (χ0) is 17.4. The zero-order valence-corrected chi connectivity index (χ0v) is 14.6. The maximum atomic E-state index is 14.2. The minimum atomic E-state index is -0.361. The van der Waals surface area contributed by atoms with Crippen LogP contribution in [0.4, 0.5) is 10.1 Å². The summed E-state index contributed by atoms with van der Waals surface area (Å²) in [7, 11) is 0. The van der Waals surface area contributed by atoms with Gasteiger partial charge < -0.3 is 14.9 Å². The summed E-state index contributed by atoms with van der Waals surface area (Å²) in [4.78, 5) is 17.4. The van der Waals surface area contributed by atoms with Crippen LogP contribution in [0.2, 0.25) is 0 Å². The van der Waals surface area contributed by atoms with Crippen LogP contribution in [0, 0.1) is 17.3 Å². The van der Waals surface area contributed by atoms with Gasteiger partial charge in [-0.05, 0) is 63.1 Å². The summed E-state index contributed by atoms with van der Waals surface area (Å²) in [5.41, 5.74) is 0.227. The minimum absolute atomic E-state index is 0.203. The van der Waals surface area contributed by atoms with Crippen LogP contribution in [0.5, 0.6) is 0 Å². The van der Waals surface area contributed by atoms with E-state index in [-0.39, 0.29) is 29.3 Å². The first kappa shape index (κ1) is 16.8. The Labute approximate surface area is 148 Å². The highest BCUT2D eigenvalue weighted by molar-refractivity contribution is 5.86. The van der Waals surface area contributed by atoms with Crippen LogP contribution in [-0.4, -0.2) is 47.7 Å². The fraction of sp³-hybridized carbons (Fsp3) is 0.650. The van der Waals surface area contributed by atoms with Crippen LogP contribution in [0.25, 0.3) is 0 Å². The highest BCUT2D eigenvalue weighted by Gasteiger charge is 2.50. The molecule has 135 valence electrons. The molecule has 1 radical (unpaired) electrons. The molecule has 4 rings (SSSR count). The number of hydrogen-bond acceptors (Lipinski definition) is 3. The summed E-state index contributed by atoms with van der Waals surface area (Å²) >= 11 is 0. The third-order valence-electron chi connectivity index (χ3n) is 6.36. The number of likely N-dealkylation sites (tertiary alicyclic amines) is 1. The molecule has 2 aliphatic heterocycles. The van der Waals surface area contributed by atoms with E-state index < -0.39 is 0 Å². The van der Waals surface area contributed by atoms with Crippen LogP contribution in [0.1, 0.15) is 44.9 Å². The molecule has 3 fully saturated rings. The Bertz CT molecular complexity index is 644. The molecule has 1 aromatic carbocycles. The second-order valence-corrected chi connectivity index (χ2v) is 7.89. The Morgan fingerprint density at radius 3 is 2.76 bits per heavy atom. The van der Waals surface area contributed by atoms with Crippen molar-refractivity contribution in [2.45, 2.75) is 57.1 Å². The van der Waals surface area contributed by atoms with Gasteiger partial charge in [0.2, 0.25) is 5.91 Å². The van der Waals surface area contributed by atoms with Crippen molar-refractivity contribution in [3.8, 4) is 0 Å². The number of anilines is 1. The van der Waals surface area contributed by atoms with Crippen LogP contribution in [-0.2, 0) is 4.79 Å². The molecule has 1 aliphatic carbocycles. The SMILES string of the molecule is O=C1N(C2CCC(O)CC2)CCC12CCCN(c1cc[c]cc1F)C2. The standard InChI is InChI=1S/C20H26FN2O2/c21-17-4-1-2-5-18(17)22-12-3-10-20(14-22)11-13-23(19(20)25)15-6-8-16(24)9-7-15/h2,4-5,15-16,24H,3,6-14H2. The van der Waals surface area contributed by atoms with E-state index in [0.717, 1.165) is 58.0 Å². The van der Waals surface area contributed by atoms with Crippen LogP contribution in [0.3, 0.4) is 0 Å². The number of halogens is 1. The van der Waals surface area contributed by atoms with Gasteiger partial charge in [-0.15, -0.1) is 0 Å². The minimum Gasteiger partial charge on any atom is -0.393 e. The predicted molar refractivity (Wildman–Crippen MR) is 93.7 cm³/mol. The van der Waals surface area contributed by atoms with Crippen molar-refractivity contribution in [1.29, 1.82) is 0 Å². The number of piperidine rings is 1. The van der Waals surface area contributed by atoms with Gasteiger partial charge in [0.15, 0.2) is 0 Å². The third kappa shape index (κ3) is 3.03. The number of carbonyl (C=O) groups excluding carboxylic acids is 1. The van der Waals surface area contributed by atoms with Gasteiger partial charge in [-0.3, -0.25) is 4.79 Å². The average Bonchev–Trinajstić information content (AvgIpc) is 2.92. The lowest BCUT2D eigenvalue weighted by molar-refractivity contribution is -0.139. The van der Waals surface area contributed by atoms with Gasteiger partial charge >= 0.3 is 0 Å². The Kier molecular flexibility index (Phi) is 4.44. The van der Waals surface area contributed by atoms with Crippen molar-refractivity contribution in [2.75, 3.05) is 24.5 Å². The fourth-order valence-electron chi connectivity index (χ4n) is 4.94. The van der Waals surface area contributed by atoms with Crippen LogP contribution < -0.4 is 4.90 Å². The smallest absolute Gasteiger partial charge is 0.230 e. The molecule has 5 heteroatoms. The van der Waals surface area contributed by atoms with Gasteiger partial charge in [0.05, 0.1) is 17.2 Å². The maximum absolute atomic E-state index is 14.2. The molecule has 2 saturated heterocycles. The van der Waals surface area contributed by atoms with Crippen molar-refractivity contribution < 1.29 is 14.3 Å². The van der Waals surface area contributed by atoms with Crippen molar-refractivity contribution >= 4 is 11.6 Å². The monoisotopic (exact) mass is 345 g/mol. The Morgan fingerprint density at radius 1 is 1.20 bits per heavy atom. The lowest BCUT2D eigenvalue weighted by Gasteiger charge is -2.41. The molecule has 0 aromatic heterocycles. The molecule has 2 heterocycles. The summed E-state index contributed by atoms with van der Waals surface area (Å²) in [5, 5.41) is 9.72. The third-order valence-corrected chi connectivity index (χ3v) is 6.36. The fourth-order valence-corrected chi connectivity index (χ4v) is 4.94. The van der Waals surface area contributed by atoms with Crippen molar-refractivity contribution in [1.82, 2.24) is 4.90 Å². The summed E-state index contributed by atoms with van der Waals surface area (Å²) in [6.45, 7) is 2.21. The van der Waals surface area contributed by atoms with Gasteiger partial charge in [0, 0.05) is 25.7 Å². The molecule has 3 aliphatic rings. The van der Waals surface area contributed by atoms with E-state index in [2.05, 4.69) is 11.0 Å². The maximum Gasteiger partial charge on any atom is 0.230 e. The number of carbonyl (C=O) groups is 1. The molecule has 1 atom stereocenters. The number of amides is 1. The summed E-state index contributed by atoms with van der Waals surface area (Å²) < 4.78 is 14.2. The summed E-state index contributed by atoms with van der Waals surface area (Å²) in [6, 6.07) is 7.90. The highest BCUT2D eigenvalue weighted by atomic mass is 19.1. The number of rotatable bonds is 2. The Hall–Kier alpha value is -1.62. The molecule has 25 heavy (non-hydrogen) atoms. The van der Waals surface area contributed by atoms with Gasteiger partial charge in [-0.25, -0.2) is 4.39 Å². The quantitative estimate of drug-likeness (QED) is 0.896. The number of aliphatic hydroxyl groups is 1. The number of hydrogen-bond donors (Lipinski definition) is 1. The van der Waals surface area contributed by atoms with Crippen molar-refractivity contribution in [3.05, 3.63) is 30.1 Å². The molecular weight excluding hydrogens is 319 g/mol. The van der Waals surface area contributed by atoms with Crippen molar-refractivity contribution in [2.24, 2.45) is 5.41 Å². The lowest BCUT2D eigenvalue weighted by atomic mass is 9.78. The molecule has 1 aromatic rings. The number of nitrogens with zero attached hydrogens (tertiary/aromatic N) is 2. The summed E-state index contributed by atoms with van der Waals surface area (Å²) in [5.74, 6) is -0.00962. The van der Waals surface area contributed by atoms with E-state index in [1.54, 1.807) is 12.1 Å². The second kappa shape index (κ2) is 6.60. The average molecular weight is 345 g/mol. The molecule has 1 spiro atoms. The molecule has 1 amide bonds. The van der Waals surface area contributed by atoms with E-state index in [0.29, 0.717) is 12.2 Å². The normalized spacial score (nSPS) is 33.3. The van der Waals surface area contributed by atoms with Gasteiger partial charge in [0.25, 0.3) is 0 Å². The van der Waals surface area contributed by atoms with E-state index >= 15 is 0 Å². The molecule has 1 N–H and O–H groups in total. The molecule has 0 bridgehead atoms. The Balaban J connectivity index is 1.50. The molecule has 1 saturated carbocycles. The second-order valence-electron chi connectivity index (χ2n) is 7.89. The first-order valence-electron chi connectivity index (χ1n) is 9.49. The number of aliphatic hydroxyl groups excluding tert-OH is 1. The van der Waals surface area contributed by atoms with E-state index in [4.69, 9.17) is 0 Å². The Morgan fingerprint density at radius 2 is 2.00 bits per heavy atom. The zero-order valence-electron chi connectivity index (χ0n) is 14.6. The molecule has 4 nitrogen and oxygen atoms in total. The first-order chi connectivity index (χ1) is 12.1. The van der Waals surface area contributed by atoms with E-state index in [9.17, 15) is 14.3 Å². The van der Waals surface area contributed by atoms with Gasteiger partial charge in [0.1, 0.15) is 5.82 Å². The van der Waals surface area contributed by atoms with Crippen molar-refractivity contribution in [3.63, 3.8) is 0 Å². The van der Waals surface area contributed by atoms with E-state index in [1.165, 1.54) is 6.07 Å².